The fraction of sp³-hybridized carbons (Fsp3) is 0.0526. The summed E-state index contributed by atoms with van der Waals surface area (Å²) in [6, 6.07) is 11.9. The van der Waals surface area contributed by atoms with Gasteiger partial charge in [0.1, 0.15) is 0 Å². The molecule has 3 N–H and O–H groups in total. The van der Waals surface area contributed by atoms with Gasteiger partial charge >= 0.3 is 0 Å². The standard InChI is InChI=1S/C19H17N7S/c1-21-18-19(25-17(10-23-18)24-15-6-8-27-12-15)26(20)11-13-4-5-16-14(9-13)3-2-7-22-16/h2-10,12H,1,11,20H2,(H,24,25). The van der Waals surface area contributed by atoms with E-state index in [1.165, 1.54) is 5.01 Å². The van der Waals surface area contributed by atoms with Crippen molar-refractivity contribution in [3.8, 4) is 0 Å². The van der Waals surface area contributed by atoms with Crippen LogP contribution in [0.2, 0.25) is 0 Å². The van der Waals surface area contributed by atoms with E-state index in [-0.39, 0.29) is 0 Å². The maximum Gasteiger partial charge on any atom is 0.196 e. The van der Waals surface area contributed by atoms with Crippen LogP contribution in [0.5, 0.6) is 0 Å². The van der Waals surface area contributed by atoms with Gasteiger partial charge in [0.15, 0.2) is 17.5 Å². The van der Waals surface area contributed by atoms with Crippen LogP contribution >= 0.6 is 11.3 Å². The highest BCUT2D eigenvalue weighted by atomic mass is 32.1. The van der Waals surface area contributed by atoms with Crippen LogP contribution in [-0.4, -0.2) is 21.7 Å². The zero-order valence-corrected chi connectivity index (χ0v) is 15.2. The first-order valence-electron chi connectivity index (χ1n) is 8.22. The molecule has 0 unspecified atom stereocenters. The number of fused-ring (bicyclic) bond motifs is 1. The highest BCUT2D eigenvalue weighted by Gasteiger charge is 2.13. The molecule has 3 heterocycles. The van der Waals surface area contributed by atoms with Gasteiger partial charge in [0.05, 0.1) is 23.9 Å². The van der Waals surface area contributed by atoms with Crippen LogP contribution in [0, 0.1) is 0 Å². The summed E-state index contributed by atoms with van der Waals surface area (Å²) in [5, 5.41) is 9.76. The van der Waals surface area contributed by atoms with Gasteiger partial charge in [-0.15, -0.1) is 0 Å². The molecule has 0 bridgehead atoms. The van der Waals surface area contributed by atoms with Crippen LogP contribution in [0.1, 0.15) is 5.56 Å². The number of benzene rings is 1. The number of pyridine rings is 1. The summed E-state index contributed by atoms with van der Waals surface area (Å²) in [5.41, 5.74) is 2.93. The molecular weight excluding hydrogens is 358 g/mol. The van der Waals surface area contributed by atoms with E-state index in [0.29, 0.717) is 24.0 Å². The summed E-state index contributed by atoms with van der Waals surface area (Å²) in [7, 11) is 0. The highest BCUT2D eigenvalue weighted by molar-refractivity contribution is 7.08. The number of hydrogen-bond acceptors (Lipinski definition) is 8. The van der Waals surface area contributed by atoms with Crippen molar-refractivity contribution in [3.63, 3.8) is 0 Å². The van der Waals surface area contributed by atoms with Gasteiger partial charge in [0.25, 0.3) is 0 Å². The molecule has 3 aromatic heterocycles. The first-order chi connectivity index (χ1) is 13.2. The third-order valence-corrected chi connectivity index (χ3v) is 4.65. The van der Waals surface area contributed by atoms with E-state index in [9.17, 15) is 0 Å². The minimum absolute atomic E-state index is 0.385. The maximum absolute atomic E-state index is 6.29. The molecule has 0 atom stereocenters. The molecule has 0 aliphatic rings. The molecule has 0 spiro atoms. The number of aromatic nitrogens is 3. The number of nitrogens with one attached hydrogen (secondary N) is 1. The minimum Gasteiger partial charge on any atom is -0.338 e. The van der Waals surface area contributed by atoms with Crippen LogP contribution in [0.3, 0.4) is 0 Å². The molecule has 0 aliphatic heterocycles. The Morgan fingerprint density at radius 1 is 1.22 bits per heavy atom. The fourth-order valence-electron chi connectivity index (χ4n) is 2.72. The second kappa shape index (κ2) is 7.48. The van der Waals surface area contributed by atoms with Gasteiger partial charge < -0.3 is 5.32 Å². The number of hydrazine groups is 1. The smallest absolute Gasteiger partial charge is 0.196 e. The summed E-state index contributed by atoms with van der Waals surface area (Å²) in [6.07, 6.45) is 3.39. The average Bonchev–Trinajstić information content (AvgIpc) is 3.21. The first-order valence-corrected chi connectivity index (χ1v) is 9.16. The Morgan fingerprint density at radius 3 is 2.96 bits per heavy atom. The fourth-order valence-corrected chi connectivity index (χ4v) is 3.30. The molecule has 0 saturated heterocycles. The summed E-state index contributed by atoms with van der Waals surface area (Å²) >= 11 is 1.60. The zero-order chi connectivity index (χ0) is 18.6. The van der Waals surface area contributed by atoms with Gasteiger partial charge in [-0.2, -0.15) is 11.3 Å². The van der Waals surface area contributed by atoms with Gasteiger partial charge in [-0.25, -0.2) is 20.8 Å². The van der Waals surface area contributed by atoms with Gasteiger partial charge in [-0.3, -0.25) is 9.99 Å². The predicted octanol–water partition coefficient (Wildman–Crippen LogP) is 4.04. The lowest BCUT2D eigenvalue weighted by molar-refractivity contribution is 0.829. The number of nitrogens with zero attached hydrogens (tertiary/aromatic N) is 5. The third kappa shape index (κ3) is 3.76. The molecule has 0 aliphatic carbocycles. The molecule has 7 nitrogen and oxygen atoms in total. The largest absolute Gasteiger partial charge is 0.338 e. The number of aliphatic imine (C=N–C) groups is 1. The Bertz CT molecular complexity index is 1080. The van der Waals surface area contributed by atoms with Crippen molar-refractivity contribution in [2.75, 3.05) is 10.3 Å². The van der Waals surface area contributed by atoms with Crippen molar-refractivity contribution in [1.29, 1.82) is 0 Å². The van der Waals surface area contributed by atoms with E-state index >= 15 is 0 Å². The van der Waals surface area contributed by atoms with Crippen LogP contribution in [-0.2, 0) is 6.54 Å². The molecular formula is C19H17N7S. The van der Waals surface area contributed by atoms with Gasteiger partial charge in [-0.1, -0.05) is 12.1 Å². The van der Waals surface area contributed by atoms with E-state index in [1.54, 1.807) is 23.7 Å². The van der Waals surface area contributed by atoms with Gasteiger partial charge in [-0.05, 0) is 41.9 Å². The summed E-state index contributed by atoms with van der Waals surface area (Å²) in [5.74, 6) is 7.72. The molecule has 0 fully saturated rings. The van der Waals surface area contributed by atoms with Crippen molar-refractivity contribution in [3.05, 3.63) is 65.1 Å². The number of rotatable bonds is 6. The van der Waals surface area contributed by atoms with E-state index < -0.39 is 0 Å². The molecule has 134 valence electrons. The number of nitrogens with two attached hydrogens (primary N) is 1. The molecule has 8 heteroatoms. The Balaban J connectivity index is 1.60. The quantitative estimate of drug-likeness (QED) is 0.300. The van der Waals surface area contributed by atoms with Crippen LogP contribution in [0.25, 0.3) is 10.9 Å². The Labute approximate surface area is 160 Å². The lowest BCUT2D eigenvalue weighted by Crippen LogP contribution is -2.31. The molecule has 27 heavy (non-hydrogen) atoms. The third-order valence-electron chi connectivity index (χ3n) is 3.97. The minimum atomic E-state index is 0.385. The summed E-state index contributed by atoms with van der Waals surface area (Å²) in [4.78, 5) is 17.1. The molecule has 0 amide bonds. The Morgan fingerprint density at radius 2 is 2.15 bits per heavy atom. The second-order valence-electron chi connectivity index (χ2n) is 5.86. The normalized spacial score (nSPS) is 10.7. The monoisotopic (exact) mass is 375 g/mol. The Hall–Kier alpha value is -3.36. The molecule has 0 saturated carbocycles. The Kier molecular flexibility index (Phi) is 4.73. The second-order valence-corrected chi connectivity index (χ2v) is 6.64. The number of hydrogen-bond donors (Lipinski definition) is 2. The molecule has 0 radical (unpaired) electrons. The van der Waals surface area contributed by atoms with Crippen molar-refractivity contribution < 1.29 is 0 Å². The van der Waals surface area contributed by atoms with Crippen molar-refractivity contribution >= 4 is 52.1 Å². The summed E-state index contributed by atoms with van der Waals surface area (Å²) in [6.45, 7) is 4.01. The van der Waals surface area contributed by atoms with E-state index in [0.717, 1.165) is 22.2 Å². The van der Waals surface area contributed by atoms with Gasteiger partial charge in [0.2, 0.25) is 0 Å². The van der Waals surface area contributed by atoms with Crippen molar-refractivity contribution in [1.82, 2.24) is 15.0 Å². The van der Waals surface area contributed by atoms with Crippen LogP contribution in [0.4, 0.5) is 23.1 Å². The number of thiophene rings is 1. The molecule has 4 rings (SSSR count). The van der Waals surface area contributed by atoms with Crippen molar-refractivity contribution in [2.24, 2.45) is 10.8 Å². The maximum atomic E-state index is 6.29. The highest BCUT2D eigenvalue weighted by Crippen LogP contribution is 2.27. The van der Waals surface area contributed by atoms with Crippen molar-refractivity contribution in [2.45, 2.75) is 6.54 Å². The van der Waals surface area contributed by atoms with Crippen LogP contribution in [0.15, 0.2) is 64.5 Å². The lowest BCUT2D eigenvalue weighted by atomic mass is 10.1. The van der Waals surface area contributed by atoms with Crippen LogP contribution < -0.4 is 16.2 Å². The predicted molar refractivity (Wildman–Crippen MR) is 111 cm³/mol. The molecule has 4 aromatic rings. The van der Waals surface area contributed by atoms with E-state index in [1.807, 2.05) is 41.1 Å². The lowest BCUT2D eigenvalue weighted by Gasteiger charge is -2.19. The average molecular weight is 375 g/mol. The SMILES string of the molecule is C=Nc1ncc(Nc2ccsc2)nc1N(N)Cc1ccc2ncccc2c1. The summed E-state index contributed by atoms with van der Waals surface area (Å²) < 4.78 is 0. The van der Waals surface area contributed by atoms with E-state index in [2.05, 4.69) is 38.0 Å². The zero-order valence-electron chi connectivity index (χ0n) is 14.4. The van der Waals surface area contributed by atoms with E-state index in [4.69, 9.17) is 5.84 Å². The number of anilines is 3. The molecule has 1 aromatic carbocycles. The topological polar surface area (TPSA) is 92.3 Å². The first kappa shape index (κ1) is 17.1. The van der Waals surface area contributed by atoms with Gasteiger partial charge in [0, 0.05) is 17.0 Å².